The fourth-order valence-corrected chi connectivity index (χ4v) is 0.447. The largest absolute Gasteiger partial charge is 1.00 e. The summed E-state index contributed by atoms with van der Waals surface area (Å²) in [7, 11) is -3.79. The van der Waals surface area contributed by atoms with Crippen LogP contribution in [0.5, 0.6) is 0 Å². The molecule has 8 heavy (non-hydrogen) atoms. The third kappa shape index (κ3) is 9.82. The van der Waals surface area contributed by atoms with E-state index in [1.54, 1.807) is 0 Å². The quantitative estimate of drug-likeness (QED) is 0.257. The number of rotatable bonds is 2. The zero-order valence-electron chi connectivity index (χ0n) is 4.66. The van der Waals surface area contributed by atoms with Crippen LogP contribution in [0, 0.1) is 0 Å². The van der Waals surface area contributed by atoms with Crippen molar-refractivity contribution in [2.75, 3.05) is 5.75 Å². The van der Waals surface area contributed by atoms with Crippen LogP contribution in [0.4, 0.5) is 0 Å². The van der Waals surface area contributed by atoms with E-state index in [9.17, 15) is 8.42 Å². The molecule has 0 aromatic carbocycles. The molecule has 0 spiro atoms. The Morgan fingerprint density at radius 1 is 1.62 bits per heavy atom. The zero-order valence-corrected chi connectivity index (χ0v) is 7.48. The van der Waals surface area contributed by atoms with Crippen molar-refractivity contribution >= 4 is 10.1 Å². The van der Waals surface area contributed by atoms with Gasteiger partial charge in [0.2, 0.25) is 0 Å². The van der Waals surface area contributed by atoms with Gasteiger partial charge in [0.15, 0.2) is 0 Å². The molecule has 1 N–H and O–H groups in total. The molecule has 0 heterocycles. The van der Waals surface area contributed by atoms with E-state index in [1.807, 2.05) is 0 Å². The van der Waals surface area contributed by atoms with Gasteiger partial charge in [0, 0.05) is 0 Å². The van der Waals surface area contributed by atoms with Gasteiger partial charge in [0.1, 0.15) is 0 Å². The summed E-state index contributed by atoms with van der Waals surface area (Å²) in [6.45, 7) is 3.11. The molecule has 0 amide bonds. The molecule has 0 atom stereocenters. The van der Waals surface area contributed by atoms with E-state index in [0.717, 1.165) is 6.08 Å². The maximum absolute atomic E-state index is 9.72. The third-order valence-corrected chi connectivity index (χ3v) is 0.985. The van der Waals surface area contributed by atoms with Crippen molar-refractivity contribution < 1.29 is 42.5 Å². The second kappa shape index (κ2) is 4.52. The summed E-state index contributed by atoms with van der Waals surface area (Å²) >= 11 is 0. The number of hydrogen-bond donors (Lipinski definition) is 1. The van der Waals surface area contributed by atoms with Crippen LogP contribution >= 0.6 is 0 Å². The normalized spacial score (nSPS) is 9.62. The van der Waals surface area contributed by atoms with Crippen LogP contribution in [0.15, 0.2) is 12.7 Å². The standard InChI is InChI=1S/C3H6O3S.Na/c1-2-3-7(4,5)6;/h2H,1,3H2,(H,4,5,6);/q;+1. The van der Waals surface area contributed by atoms with Crippen LogP contribution in [0.25, 0.3) is 0 Å². The Balaban J connectivity index is 0. The maximum atomic E-state index is 9.72. The second-order valence-corrected chi connectivity index (χ2v) is 2.53. The predicted molar refractivity (Wildman–Crippen MR) is 26.6 cm³/mol. The topological polar surface area (TPSA) is 54.4 Å². The van der Waals surface area contributed by atoms with Crippen molar-refractivity contribution in [3.8, 4) is 0 Å². The van der Waals surface area contributed by atoms with Gasteiger partial charge in [-0.3, -0.25) is 4.55 Å². The predicted octanol–water partition coefficient (Wildman–Crippen LogP) is -2.94. The fourth-order valence-electron chi connectivity index (χ4n) is 0.149. The number of hydrogen-bond acceptors (Lipinski definition) is 2. The average Bonchev–Trinajstić information content (AvgIpc) is 1.30. The Morgan fingerprint density at radius 3 is 2.00 bits per heavy atom. The van der Waals surface area contributed by atoms with Crippen molar-refractivity contribution in [1.29, 1.82) is 0 Å². The molecule has 0 aliphatic carbocycles. The average molecular weight is 145 g/mol. The van der Waals surface area contributed by atoms with Gasteiger partial charge in [-0.2, -0.15) is 8.42 Å². The van der Waals surface area contributed by atoms with Crippen LogP contribution in [0.1, 0.15) is 0 Å². The molecule has 3 nitrogen and oxygen atoms in total. The molecule has 0 saturated heterocycles. The molecule has 0 aromatic heterocycles. The van der Waals surface area contributed by atoms with Crippen molar-refractivity contribution in [1.82, 2.24) is 0 Å². The first-order chi connectivity index (χ1) is 3.06. The maximum Gasteiger partial charge on any atom is 1.00 e. The molecular weight excluding hydrogens is 139 g/mol. The van der Waals surface area contributed by atoms with Crippen LogP contribution in [-0.2, 0) is 10.1 Å². The van der Waals surface area contributed by atoms with Gasteiger partial charge >= 0.3 is 29.6 Å². The van der Waals surface area contributed by atoms with Crippen molar-refractivity contribution in [2.45, 2.75) is 0 Å². The van der Waals surface area contributed by atoms with E-state index in [-0.39, 0.29) is 35.3 Å². The molecule has 0 unspecified atom stereocenters. The van der Waals surface area contributed by atoms with Crippen molar-refractivity contribution in [2.24, 2.45) is 0 Å². The Hall–Kier alpha value is 0.650. The first-order valence-corrected chi connectivity index (χ1v) is 3.23. The van der Waals surface area contributed by atoms with E-state index >= 15 is 0 Å². The molecular formula is C3H6NaO3S+. The van der Waals surface area contributed by atoms with E-state index in [4.69, 9.17) is 4.55 Å². The second-order valence-electron chi connectivity index (χ2n) is 1.04. The van der Waals surface area contributed by atoms with Crippen molar-refractivity contribution in [3.63, 3.8) is 0 Å². The third-order valence-electron chi connectivity index (χ3n) is 0.328. The molecule has 5 heteroatoms. The van der Waals surface area contributed by atoms with Crippen LogP contribution in [0.2, 0.25) is 0 Å². The molecule has 0 rings (SSSR count). The Morgan fingerprint density at radius 2 is 2.00 bits per heavy atom. The van der Waals surface area contributed by atoms with Gasteiger partial charge in [0.05, 0.1) is 5.75 Å². The van der Waals surface area contributed by atoms with E-state index in [1.165, 1.54) is 0 Å². The Kier molecular flexibility index (Phi) is 6.47. The minimum absolute atomic E-state index is 0. The van der Waals surface area contributed by atoms with E-state index < -0.39 is 10.1 Å². The molecule has 0 saturated carbocycles. The first-order valence-electron chi connectivity index (χ1n) is 1.62. The minimum Gasteiger partial charge on any atom is -0.285 e. The van der Waals surface area contributed by atoms with Crippen LogP contribution in [-0.4, -0.2) is 18.7 Å². The zero-order chi connectivity index (χ0) is 5.91. The van der Waals surface area contributed by atoms with Gasteiger partial charge in [-0.25, -0.2) is 0 Å². The summed E-state index contributed by atoms with van der Waals surface area (Å²) in [5.41, 5.74) is 0. The molecule has 0 bridgehead atoms. The molecule has 0 fully saturated rings. The molecule has 0 aliphatic rings. The summed E-state index contributed by atoms with van der Waals surface area (Å²) in [5.74, 6) is -0.368. The van der Waals surface area contributed by atoms with Gasteiger partial charge in [0.25, 0.3) is 10.1 Å². The first kappa shape index (κ1) is 11.4. The Labute approximate surface area is 70.8 Å². The van der Waals surface area contributed by atoms with Gasteiger partial charge in [-0.15, -0.1) is 6.58 Å². The molecule has 42 valence electrons. The molecule has 0 aliphatic heterocycles. The van der Waals surface area contributed by atoms with Gasteiger partial charge in [-0.1, -0.05) is 6.08 Å². The fraction of sp³-hybridized carbons (Fsp3) is 0.333. The molecule has 0 aromatic rings. The summed E-state index contributed by atoms with van der Waals surface area (Å²) in [6.07, 6.45) is 1.12. The molecule has 0 radical (unpaired) electrons. The summed E-state index contributed by atoms with van der Waals surface area (Å²) in [4.78, 5) is 0. The van der Waals surface area contributed by atoms with Gasteiger partial charge < -0.3 is 0 Å². The summed E-state index contributed by atoms with van der Waals surface area (Å²) < 4.78 is 27.3. The van der Waals surface area contributed by atoms with Crippen molar-refractivity contribution in [3.05, 3.63) is 12.7 Å². The van der Waals surface area contributed by atoms with Crippen LogP contribution in [0.3, 0.4) is 0 Å². The SMILES string of the molecule is C=CCS(=O)(=O)O.[Na+]. The Bertz CT molecular complexity index is 148. The minimum atomic E-state index is -3.79. The summed E-state index contributed by atoms with van der Waals surface area (Å²) in [5, 5.41) is 0. The van der Waals surface area contributed by atoms with Gasteiger partial charge in [-0.05, 0) is 0 Å². The van der Waals surface area contributed by atoms with E-state index in [0.29, 0.717) is 0 Å². The van der Waals surface area contributed by atoms with Crippen LogP contribution < -0.4 is 29.6 Å². The summed E-state index contributed by atoms with van der Waals surface area (Å²) in [6, 6.07) is 0. The van der Waals surface area contributed by atoms with E-state index in [2.05, 4.69) is 6.58 Å². The smallest absolute Gasteiger partial charge is 0.285 e. The monoisotopic (exact) mass is 145 g/mol.